The van der Waals surface area contributed by atoms with Crippen LogP contribution < -0.4 is 5.32 Å². The molecular weight excluding hydrogens is 307 g/mol. The van der Waals surface area contributed by atoms with Crippen LogP contribution in [-0.2, 0) is 6.42 Å². The molecule has 0 aliphatic heterocycles. The van der Waals surface area contributed by atoms with Gasteiger partial charge in [-0.25, -0.2) is 4.98 Å². The second-order valence-corrected chi connectivity index (χ2v) is 5.58. The maximum Gasteiger partial charge on any atom is 0.255 e. The Hall–Kier alpha value is -1.58. The molecule has 5 heteroatoms. The second kappa shape index (κ2) is 6.92. The third-order valence-electron chi connectivity index (χ3n) is 3.13. The SMILES string of the molecule is CCCc1cc(C(=O)Nc2cccc(Cl)c2C)cc(Cl)n1. The summed E-state index contributed by atoms with van der Waals surface area (Å²) in [5, 5.41) is 3.80. The second-order valence-electron chi connectivity index (χ2n) is 4.79. The molecule has 1 aromatic heterocycles. The number of nitrogens with one attached hydrogen (secondary N) is 1. The molecule has 1 N–H and O–H groups in total. The van der Waals surface area contributed by atoms with Gasteiger partial charge in [0.25, 0.3) is 5.91 Å². The number of rotatable bonds is 4. The van der Waals surface area contributed by atoms with Crippen molar-refractivity contribution in [2.45, 2.75) is 26.7 Å². The molecule has 21 heavy (non-hydrogen) atoms. The van der Waals surface area contributed by atoms with E-state index in [1.807, 2.05) is 13.0 Å². The lowest BCUT2D eigenvalue weighted by molar-refractivity contribution is 0.102. The first-order chi connectivity index (χ1) is 10.0. The lowest BCUT2D eigenvalue weighted by Gasteiger charge is -2.10. The summed E-state index contributed by atoms with van der Waals surface area (Å²) in [6, 6.07) is 8.73. The lowest BCUT2D eigenvalue weighted by Crippen LogP contribution is -2.13. The van der Waals surface area contributed by atoms with E-state index >= 15 is 0 Å². The molecule has 1 heterocycles. The number of anilines is 1. The molecule has 1 amide bonds. The molecule has 0 saturated carbocycles. The van der Waals surface area contributed by atoms with Gasteiger partial charge in [-0.1, -0.05) is 42.6 Å². The van der Waals surface area contributed by atoms with E-state index in [9.17, 15) is 4.79 Å². The van der Waals surface area contributed by atoms with Crippen LogP contribution in [0, 0.1) is 6.92 Å². The van der Waals surface area contributed by atoms with Gasteiger partial charge < -0.3 is 5.32 Å². The van der Waals surface area contributed by atoms with E-state index in [-0.39, 0.29) is 5.91 Å². The van der Waals surface area contributed by atoms with E-state index in [1.54, 1.807) is 24.3 Å². The van der Waals surface area contributed by atoms with Crippen molar-refractivity contribution in [1.29, 1.82) is 0 Å². The number of aromatic nitrogens is 1. The van der Waals surface area contributed by atoms with Crippen molar-refractivity contribution in [1.82, 2.24) is 4.98 Å². The Morgan fingerprint density at radius 2 is 2.05 bits per heavy atom. The number of aryl methyl sites for hydroxylation is 1. The molecule has 0 fully saturated rings. The standard InChI is InChI=1S/C16H16Cl2N2O/c1-3-5-12-8-11(9-15(18)19-12)16(21)20-14-7-4-6-13(17)10(14)2/h4,6-9H,3,5H2,1-2H3,(H,20,21). The van der Waals surface area contributed by atoms with Gasteiger partial charge in [-0.3, -0.25) is 4.79 Å². The van der Waals surface area contributed by atoms with E-state index in [0.29, 0.717) is 21.4 Å². The summed E-state index contributed by atoms with van der Waals surface area (Å²) in [6.07, 6.45) is 1.73. The van der Waals surface area contributed by atoms with Crippen LogP contribution in [0.25, 0.3) is 0 Å². The van der Waals surface area contributed by atoms with Crippen molar-refractivity contribution in [2.75, 3.05) is 5.32 Å². The third-order valence-corrected chi connectivity index (χ3v) is 3.73. The van der Waals surface area contributed by atoms with Gasteiger partial charge in [-0.2, -0.15) is 0 Å². The largest absolute Gasteiger partial charge is 0.322 e. The predicted octanol–water partition coefficient (Wildman–Crippen LogP) is 4.90. The van der Waals surface area contributed by atoms with Crippen LogP contribution in [0.15, 0.2) is 30.3 Å². The minimum Gasteiger partial charge on any atom is -0.322 e. The Balaban J connectivity index is 2.26. The number of halogens is 2. The van der Waals surface area contributed by atoms with Crippen LogP contribution >= 0.6 is 23.2 Å². The van der Waals surface area contributed by atoms with Crippen molar-refractivity contribution >= 4 is 34.8 Å². The molecule has 2 rings (SSSR count). The highest BCUT2D eigenvalue weighted by molar-refractivity contribution is 6.32. The molecule has 0 spiro atoms. The van der Waals surface area contributed by atoms with E-state index in [1.165, 1.54) is 0 Å². The summed E-state index contributed by atoms with van der Waals surface area (Å²) < 4.78 is 0. The quantitative estimate of drug-likeness (QED) is 0.813. The average molecular weight is 323 g/mol. The van der Waals surface area contributed by atoms with Crippen molar-refractivity contribution in [3.63, 3.8) is 0 Å². The fourth-order valence-corrected chi connectivity index (χ4v) is 2.40. The summed E-state index contributed by atoms with van der Waals surface area (Å²) in [5.41, 5.74) is 2.84. The van der Waals surface area contributed by atoms with Gasteiger partial charge in [0.1, 0.15) is 5.15 Å². The zero-order valence-electron chi connectivity index (χ0n) is 11.9. The molecule has 3 nitrogen and oxygen atoms in total. The van der Waals surface area contributed by atoms with Crippen molar-refractivity contribution < 1.29 is 4.79 Å². The van der Waals surface area contributed by atoms with E-state index in [0.717, 1.165) is 24.1 Å². The zero-order chi connectivity index (χ0) is 15.4. The van der Waals surface area contributed by atoms with E-state index in [4.69, 9.17) is 23.2 Å². The van der Waals surface area contributed by atoms with Gasteiger partial charge in [0.2, 0.25) is 0 Å². The minimum absolute atomic E-state index is 0.220. The number of nitrogens with zero attached hydrogens (tertiary/aromatic N) is 1. The number of carbonyl (C=O) groups excluding carboxylic acids is 1. The molecule has 0 saturated heterocycles. The van der Waals surface area contributed by atoms with Gasteiger partial charge in [-0.15, -0.1) is 0 Å². The van der Waals surface area contributed by atoms with Crippen LogP contribution in [-0.4, -0.2) is 10.9 Å². The number of hydrogen-bond donors (Lipinski definition) is 1. The molecule has 2 aromatic rings. The van der Waals surface area contributed by atoms with Gasteiger partial charge in [0, 0.05) is 22.0 Å². The van der Waals surface area contributed by atoms with Gasteiger partial charge in [0.15, 0.2) is 0 Å². The maximum absolute atomic E-state index is 12.3. The first kappa shape index (κ1) is 15.8. The maximum atomic E-state index is 12.3. The smallest absolute Gasteiger partial charge is 0.255 e. The Bertz CT molecular complexity index is 671. The molecular formula is C16H16Cl2N2O. The van der Waals surface area contributed by atoms with Crippen LogP contribution in [0.5, 0.6) is 0 Å². The Kier molecular flexibility index (Phi) is 5.21. The molecule has 0 unspecified atom stereocenters. The average Bonchev–Trinajstić information content (AvgIpc) is 2.43. The van der Waals surface area contributed by atoms with E-state index < -0.39 is 0 Å². The summed E-state index contributed by atoms with van der Waals surface area (Å²) in [5.74, 6) is -0.220. The number of carbonyl (C=O) groups is 1. The number of amides is 1. The Morgan fingerprint density at radius 3 is 2.76 bits per heavy atom. The van der Waals surface area contributed by atoms with Crippen molar-refractivity contribution in [3.8, 4) is 0 Å². The van der Waals surface area contributed by atoms with Crippen molar-refractivity contribution in [3.05, 3.63) is 57.3 Å². The fraction of sp³-hybridized carbons (Fsp3) is 0.250. The summed E-state index contributed by atoms with van der Waals surface area (Å²) in [6.45, 7) is 3.91. The van der Waals surface area contributed by atoms with Crippen LogP contribution in [0.3, 0.4) is 0 Å². The normalized spacial score (nSPS) is 10.5. The predicted molar refractivity (Wildman–Crippen MR) is 87.4 cm³/mol. The molecule has 0 bridgehead atoms. The molecule has 1 aromatic carbocycles. The lowest BCUT2D eigenvalue weighted by atomic mass is 10.1. The topological polar surface area (TPSA) is 42.0 Å². The molecule has 0 atom stereocenters. The van der Waals surface area contributed by atoms with Crippen LogP contribution in [0.1, 0.15) is 35.0 Å². The summed E-state index contributed by atoms with van der Waals surface area (Å²) in [4.78, 5) is 16.6. The summed E-state index contributed by atoms with van der Waals surface area (Å²) in [7, 11) is 0. The fourth-order valence-electron chi connectivity index (χ4n) is 2.00. The zero-order valence-corrected chi connectivity index (χ0v) is 13.4. The van der Waals surface area contributed by atoms with Gasteiger partial charge >= 0.3 is 0 Å². The molecule has 0 aliphatic carbocycles. The molecule has 0 aliphatic rings. The minimum atomic E-state index is -0.220. The Morgan fingerprint density at radius 1 is 1.29 bits per heavy atom. The number of pyridine rings is 1. The molecule has 0 radical (unpaired) electrons. The van der Waals surface area contributed by atoms with Gasteiger partial charge in [-0.05, 0) is 43.2 Å². The monoisotopic (exact) mass is 322 g/mol. The summed E-state index contributed by atoms with van der Waals surface area (Å²) >= 11 is 12.0. The van der Waals surface area contributed by atoms with E-state index in [2.05, 4.69) is 17.2 Å². The van der Waals surface area contributed by atoms with Crippen molar-refractivity contribution in [2.24, 2.45) is 0 Å². The van der Waals surface area contributed by atoms with Crippen LogP contribution in [0.4, 0.5) is 5.69 Å². The highest BCUT2D eigenvalue weighted by Gasteiger charge is 2.11. The van der Waals surface area contributed by atoms with Gasteiger partial charge in [0.05, 0.1) is 0 Å². The first-order valence-electron chi connectivity index (χ1n) is 6.74. The molecule has 110 valence electrons. The highest BCUT2D eigenvalue weighted by Crippen LogP contribution is 2.23. The highest BCUT2D eigenvalue weighted by atomic mass is 35.5. The number of hydrogen-bond acceptors (Lipinski definition) is 2. The first-order valence-corrected chi connectivity index (χ1v) is 7.49. The Labute approximate surface area is 134 Å². The van der Waals surface area contributed by atoms with Crippen LogP contribution in [0.2, 0.25) is 10.2 Å². The third kappa shape index (κ3) is 3.96. The number of benzene rings is 1.